The van der Waals surface area contributed by atoms with Crippen molar-refractivity contribution in [2.24, 2.45) is 5.73 Å². The summed E-state index contributed by atoms with van der Waals surface area (Å²) in [5, 5.41) is 0. The highest BCUT2D eigenvalue weighted by Gasteiger charge is 2.16. The maximum Gasteiger partial charge on any atom is 0.123 e. The van der Waals surface area contributed by atoms with E-state index in [9.17, 15) is 4.39 Å². The van der Waals surface area contributed by atoms with Gasteiger partial charge in [-0.3, -0.25) is 0 Å². The van der Waals surface area contributed by atoms with Crippen molar-refractivity contribution in [2.75, 3.05) is 0 Å². The molecule has 1 aromatic rings. The Morgan fingerprint density at radius 3 is 2.23 bits per heavy atom. The molecule has 0 radical (unpaired) electrons. The second kappa shape index (κ2) is 4.07. The van der Waals surface area contributed by atoms with Gasteiger partial charge in [0.15, 0.2) is 0 Å². The summed E-state index contributed by atoms with van der Waals surface area (Å²) in [7, 11) is 0. The molecule has 0 amide bonds. The van der Waals surface area contributed by atoms with Crippen LogP contribution in [0.5, 0.6) is 0 Å². The molecule has 2 N–H and O–H groups in total. The zero-order valence-electron chi connectivity index (χ0n) is 8.10. The van der Waals surface area contributed by atoms with Crippen LogP contribution in [0.4, 0.5) is 4.39 Å². The van der Waals surface area contributed by atoms with Crippen LogP contribution in [0.2, 0.25) is 0 Å². The summed E-state index contributed by atoms with van der Waals surface area (Å²) >= 11 is 0. The second-order valence-electron chi connectivity index (χ2n) is 3.68. The van der Waals surface area contributed by atoms with Gasteiger partial charge in [0.2, 0.25) is 0 Å². The molecule has 0 bridgehead atoms. The third kappa shape index (κ3) is 2.98. The topological polar surface area (TPSA) is 26.0 Å². The molecule has 1 nitrogen and oxygen atoms in total. The van der Waals surface area contributed by atoms with Crippen molar-refractivity contribution < 1.29 is 4.39 Å². The first kappa shape index (κ1) is 12.4. The maximum atomic E-state index is 12.7. The third-order valence-corrected chi connectivity index (χ3v) is 1.88. The van der Waals surface area contributed by atoms with E-state index in [2.05, 4.69) is 0 Å². The number of hydrogen-bond donors (Lipinski definition) is 1. The minimum Gasteiger partial charge on any atom is -0.322 e. The van der Waals surface area contributed by atoms with Crippen molar-refractivity contribution in [3.8, 4) is 0 Å². The van der Waals surface area contributed by atoms with Gasteiger partial charge < -0.3 is 5.73 Å². The van der Waals surface area contributed by atoms with Gasteiger partial charge in [0, 0.05) is 5.54 Å². The lowest BCUT2D eigenvalue weighted by Crippen LogP contribution is -2.29. The molecule has 0 spiro atoms. The SMILES string of the molecule is Cc1cc(F)ccc1C(C)(C)N.Cl. The third-order valence-electron chi connectivity index (χ3n) is 1.88. The molecule has 1 rings (SSSR count). The summed E-state index contributed by atoms with van der Waals surface area (Å²) in [6.07, 6.45) is 0. The van der Waals surface area contributed by atoms with Crippen LogP contribution in [0, 0.1) is 12.7 Å². The number of nitrogens with two attached hydrogens (primary N) is 1. The minimum atomic E-state index is -0.391. The molecule has 3 heteroatoms. The van der Waals surface area contributed by atoms with Crippen LogP contribution < -0.4 is 5.73 Å². The Labute approximate surface area is 84.5 Å². The van der Waals surface area contributed by atoms with Crippen molar-refractivity contribution in [1.29, 1.82) is 0 Å². The van der Waals surface area contributed by atoms with Gasteiger partial charge in [0.1, 0.15) is 5.82 Å². The Kier molecular flexibility index (Phi) is 3.88. The molecule has 0 unspecified atom stereocenters. The van der Waals surface area contributed by atoms with Gasteiger partial charge in [-0.15, -0.1) is 12.4 Å². The fraction of sp³-hybridized carbons (Fsp3) is 0.400. The Balaban J connectivity index is 0.00000144. The summed E-state index contributed by atoms with van der Waals surface area (Å²) < 4.78 is 12.7. The van der Waals surface area contributed by atoms with E-state index < -0.39 is 5.54 Å². The molecule has 0 aliphatic rings. The van der Waals surface area contributed by atoms with Gasteiger partial charge in [-0.25, -0.2) is 4.39 Å². The predicted octanol–water partition coefficient (Wildman–Crippen LogP) is 2.75. The average molecular weight is 204 g/mol. The van der Waals surface area contributed by atoms with Crippen LogP contribution >= 0.6 is 12.4 Å². The number of hydrogen-bond acceptors (Lipinski definition) is 1. The van der Waals surface area contributed by atoms with E-state index >= 15 is 0 Å². The maximum absolute atomic E-state index is 12.7. The molecule has 0 fully saturated rings. The minimum absolute atomic E-state index is 0. The predicted molar refractivity (Wildman–Crippen MR) is 55.6 cm³/mol. The highest BCUT2D eigenvalue weighted by atomic mass is 35.5. The average Bonchev–Trinajstić information content (AvgIpc) is 1.83. The van der Waals surface area contributed by atoms with Gasteiger partial charge in [-0.05, 0) is 44.0 Å². The smallest absolute Gasteiger partial charge is 0.123 e. The van der Waals surface area contributed by atoms with Crippen LogP contribution in [0.15, 0.2) is 18.2 Å². The monoisotopic (exact) mass is 203 g/mol. The van der Waals surface area contributed by atoms with E-state index in [4.69, 9.17) is 5.73 Å². The molecular weight excluding hydrogens is 189 g/mol. The normalized spacial score (nSPS) is 10.8. The Bertz CT molecular complexity index is 291. The van der Waals surface area contributed by atoms with Crippen LogP contribution in [-0.2, 0) is 5.54 Å². The summed E-state index contributed by atoms with van der Waals surface area (Å²) in [6, 6.07) is 4.69. The van der Waals surface area contributed by atoms with E-state index in [1.54, 1.807) is 6.07 Å². The fourth-order valence-electron chi connectivity index (χ4n) is 1.35. The van der Waals surface area contributed by atoms with Crippen molar-refractivity contribution in [2.45, 2.75) is 26.3 Å². The van der Waals surface area contributed by atoms with Crippen LogP contribution in [0.1, 0.15) is 25.0 Å². The van der Waals surface area contributed by atoms with Crippen molar-refractivity contribution >= 4 is 12.4 Å². The Morgan fingerprint density at radius 1 is 1.31 bits per heavy atom. The first-order chi connectivity index (χ1) is 5.41. The lowest BCUT2D eigenvalue weighted by Gasteiger charge is -2.21. The largest absolute Gasteiger partial charge is 0.322 e. The summed E-state index contributed by atoms with van der Waals surface area (Å²) in [6.45, 7) is 5.69. The van der Waals surface area contributed by atoms with Gasteiger partial charge in [0.25, 0.3) is 0 Å². The molecular formula is C10H15ClFN. The number of aryl methyl sites for hydroxylation is 1. The van der Waals surface area contributed by atoms with Crippen molar-refractivity contribution in [3.63, 3.8) is 0 Å². The van der Waals surface area contributed by atoms with E-state index in [1.165, 1.54) is 12.1 Å². The molecule has 0 aromatic heterocycles. The summed E-state index contributed by atoms with van der Waals surface area (Å²) in [5.41, 5.74) is 7.39. The van der Waals surface area contributed by atoms with Crippen molar-refractivity contribution in [3.05, 3.63) is 35.1 Å². The quantitative estimate of drug-likeness (QED) is 0.747. The highest BCUT2D eigenvalue weighted by molar-refractivity contribution is 5.85. The molecule has 13 heavy (non-hydrogen) atoms. The van der Waals surface area contributed by atoms with E-state index in [0.29, 0.717) is 0 Å². The van der Waals surface area contributed by atoms with Crippen LogP contribution in [-0.4, -0.2) is 0 Å². The molecule has 0 aliphatic carbocycles. The number of benzene rings is 1. The Hall–Kier alpha value is -0.600. The fourth-order valence-corrected chi connectivity index (χ4v) is 1.35. The van der Waals surface area contributed by atoms with Gasteiger partial charge in [-0.2, -0.15) is 0 Å². The first-order valence-electron chi connectivity index (χ1n) is 3.97. The van der Waals surface area contributed by atoms with Gasteiger partial charge in [-0.1, -0.05) is 6.07 Å². The Morgan fingerprint density at radius 2 is 1.85 bits per heavy atom. The molecule has 0 saturated carbocycles. The molecule has 0 atom stereocenters. The van der Waals surface area contributed by atoms with Crippen molar-refractivity contribution in [1.82, 2.24) is 0 Å². The molecule has 0 heterocycles. The first-order valence-corrected chi connectivity index (χ1v) is 3.97. The highest BCUT2D eigenvalue weighted by Crippen LogP contribution is 2.21. The van der Waals surface area contributed by atoms with Gasteiger partial charge in [0.05, 0.1) is 0 Å². The second-order valence-corrected chi connectivity index (χ2v) is 3.68. The standard InChI is InChI=1S/C10H14FN.ClH/c1-7-6-8(11)4-5-9(7)10(2,3)12;/h4-6H,12H2,1-3H3;1H. The molecule has 0 aliphatic heterocycles. The zero-order chi connectivity index (χ0) is 9.35. The molecule has 1 aromatic carbocycles. The van der Waals surface area contributed by atoms with E-state index in [1.807, 2.05) is 20.8 Å². The lowest BCUT2D eigenvalue weighted by atomic mass is 9.92. The zero-order valence-corrected chi connectivity index (χ0v) is 8.91. The van der Waals surface area contributed by atoms with E-state index in [-0.39, 0.29) is 18.2 Å². The molecule has 0 saturated heterocycles. The summed E-state index contributed by atoms with van der Waals surface area (Å²) in [4.78, 5) is 0. The number of halogens is 2. The van der Waals surface area contributed by atoms with Gasteiger partial charge >= 0.3 is 0 Å². The van der Waals surface area contributed by atoms with Crippen LogP contribution in [0.25, 0.3) is 0 Å². The van der Waals surface area contributed by atoms with Crippen LogP contribution in [0.3, 0.4) is 0 Å². The lowest BCUT2D eigenvalue weighted by molar-refractivity contribution is 0.546. The van der Waals surface area contributed by atoms with E-state index in [0.717, 1.165) is 11.1 Å². The molecule has 74 valence electrons. The number of rotatable bonds is 1. The summed E-state index contributed by atoms with van der Waals surface area (Å²) in [5.74, 6) is -0.208.